The van der Waals surface area contributed by atoms with E-state index in [1.165, 1.54) is 5.19 Å². The topological polar surface area (TPSA) is 88.5 Å². The van der Waals surface area contributed by atoms with Crippen LogP contribution >= 0.6 is 0 Å². The molecule has 9 heteroatoms. The van der Waals surface area contributed by atoms with Crippen LogP contribution in [-0.2, 0) is 20.9 Å². The quantitative estimate of drug-likeness (QED) is 0.273. The van der Waals surface area contributed by atoms with Crippen molar-refractivity contribution >= 4 is 30.8 Å². The molecule has 2 heterocycles. The van der Waals surface area contributed by atoms with Crippen molar-refractivity contribution in [3.05, 3.63) is 83.9 Å². The molecule has 0 spiro atoms. The number of carbonyl (C=O) groups excluding carboxylic acids is 2. The molecule has 0 aliphatic carbocycles. The molecule has 5 rings (SSSR count). The Balaban J connectivity index is 1.51. The highest BCUT2D eigenvalue weighted by Gasteiger charge is 2.48. The molecule has 2 aliphatic rings. The number of rotatable bonds is 12. The highest BCUT2D eigenvalue weighted by Crippen LogP contribution is 2.48. The molecule has 1 unspecified atom stereocenters. The first-order chi connectivity index (χ1) is 21.7. The van der Waals surface area contributed by atoms with E-state index in [2.05, 4.69) is 32.2 Å². The number of anilines is 1. The first-order valence-corrected chi connectivity index (χ1v) is 19.0. The van der Waals surface area contributed by atoms with E-state index in [9.17, 15) is 14.7 Å². The average Bonchev–Trinajstić information content (AvgIpc) is 3.49. The van der Waals surface area contributed by atoms with Crippen LogP contribution in [0.2, 0.25) is 18.6 Å². The largest absolute Gasteiger partial charge is 0.497 e. The fourth-order valence-electron chi connectivity index (χ4n) is 7.00. The maximum atomic E-state index is 14.2. The molecule has 240 valence electrons. The third kappa shape index (κ3) is 6.95. The third-order valence-corrected chi connectivity index (χ3v) is 13.9. The zero-order valence-corrected chi connectivity index (χ0v) is 28.1. The Labute approximate surface area is 267 Å². The minimum Gasteiger partial charge on any atom is -0.497 e. The number of methoxy groups -OCH3 is 2. The minimum absolute atomic E-state index is 0.00885. The van der Waals surface area contributed by atoms with E-state index in [1.54, 1.807) is 19.1 Å². The molecule has 0 saturated carbocycles. The Morgan fingerprint density at radius 2 is 1.82 bits per heavy atom. The average molecular weight is 631 g/mol. The van der Waals surface area contributed by atoms with Crippen LogP contribution in [0.25, 0.3) is 0 Å². The summed E-state index contributed by atoms with van der Waals surface area (Å²) in [6, 6.07) is 24.0. The molecule has 3 aromatic rings. The lowest BCUT2D eigenvalue weighted by molar-refractivity contribution is -0.133. The summed E-state index contributed by atoms with van der Waals surface area (Å²) in [5.41, 5.74) is 2.70. The van der Waals surface area contributed by atoms with Gasteiger partial charge in [-0.1, -0.05) is 67.7 Å². The Kier molecular flexibility index (Phi) is 10.3. The molecule has 0 bridgehead atoms. The number of benzene rings is 3. The number of aliphatic hydroxyl groups excluding tert-OH is 1. The van der Waals surface area contributed by atoms with Crippen LogP contribution in [0.3, 0.4) is 0 Å². The molecule has 1 N–H and O–H groups in total. The van der Waals surface area contributed by atoms with Crippen LogP contribution < -0.4 is 19.6 Å². The van der Waals surface area contributed by atoms with Crippen molar-refractivity contribution in [2.45, 2.75) is 63.6 Å². The van der Waals surface area contributed by atoms with Crippen LogP contribution in [0.5, 0.6) is 11.5 Å². The summed E-state index contributed by atoms with van der Waals surface area (Å²) in [5, 5.41) is 11.1. The molecule has 0 radical (unpaired) electrons. The van der Waals surface area contributed by atoms with Gasteiger partial charge in [-0.2, -0.15) is 0 Å². The van der Waals surface area contributed by atoms with Gasteiger partial charge in [-0.15, -0.1) is 0 Å². The van der Waals surface area contributed by atoms with Gasteiger partial charge >= 0.3 is 0 Å². The summed E-state index contributed by atoms with van der Waals surface area (Å²) >= 11 is 0. The molecule has 2 aliphatic heterocycles. The van der Waals surface area contributed by atoms with Gasteiger partial charge in [0, 0.05) is 62.3 Å². The summed E-state index contributed by atoms with van der Waals surface area (Å²) < 4.78 is 18.5. The lowest BCUT2D eigenvalue weighted by atomic mass is 9.86. The summed E-state index contributed by atoms with van der Waals surface area (Å²) in [7, 11) is 0.976. The van der Waals surface area contributed by atoms with Gasteiger partial charge in [0.25, 0.3) is 0 Å². The molecule has 2 amide bonds. The van der Waals surface area contributed by atoms with Gasteiger partial charge in [-0.3, -0.25) is 9.59 Å². The lowest BCUT2D eigenvalue weighted by Gasteiger charge is -2.46. The summed E-state index contributed by atoms with van der Waals surface area (Å²) in [4.78, 5) is 30.3. The Hall–Kier alpha value is -3.66. The van der Waals surface area contributed by atoms with Crippen molar-refractivity contribution in [3.8, 4) is 11.5 Å². The van der Waals surface area contributed by atoms with E-state index < -0.39 is 8.07 Å². The fraction of sp³-hybridized carbons (Fsp3) is 0.444. The van der Waals surface area contributed by atoms with Gasteiger partial charge in [0.05, 0.1) is 27.9 Å². The molecule has 3 aromatic carbocycles. The molecular weight excluding hydrogens is 584 g/mol. The highest BCUT2D eigenvalue weighted by atomic mass is 28.3. The van der Waals surface area contributed by atoms with E-state index >= 15 is 0 Å². The molecule has 1 fully saturated rings. The molecule has 0 aromatic heterocycles. The van der Waals surface area contributed by atoms with Crippen molar-refractivity contribution in [1.82, 2.24) is 4.90 Å². The second-order valence-corrected chi connectivity index (χ2v) is 17.5. The van der Waals surface area contributed by atoms with E-state index in [1.807, 2.05) is 65.6 Å². The van der Waals surface area contributed by atoms with Gasteiger partial charge in [-0.05, 0) is 42.3 Å². The highest BCUT2D eigenvalue weighted by molar-refractivity contribution is 6.91. The zero-order chi connectivity index (χ0) is 32.1. The maximum Gasteiger partial charge on any atom is 0.227 e. The van der Waals surface area contributed by atoms with Crippen molar-refractivity contribution in [2.75, 3.05) is 38.8 Å². The number of fused-ring (bicyclic) bond motifs is 1. The Morgan fingerprint density at radius 1 is 1.09 bits per heavy atom. The number of hydrogen-bond donors (Lipinski definition) is 1. The third-order valence-electron chi connectivity index (χ3n) is 9.69. The van der Waals surface area contributed by atoms with E-state index in [4.69, 9.17) is 14.2 Å². The van der Waals surface area contributed by atoms with Crippen molar-refractivity contribution in [2.24, 2.45) is 5.92 Å². The standard InChI is InChI=1S/C36H46N2O6Si/c1-25-35(43-3)30-22-27(38-19-9-12-33(38)40)13-18-31(30)44-36(25)32(45(4,5)29-16-14-28(42-2)15-17-29)23-34(41)37(20-21-39)24-26-10-7-6-8-11-26/h6-8,10-11,13-18,22,25,32,35-36,39H,9,12,19-21,23-24H2,1-5H3/t25-,32?,35-,36-/m0/s1. The van der Waals surface area contributed by atoms with Crippen LogP contribution in [0, 0.1) is 5.92 Å². The number of hydrogen-bond acceptors (Lipinski definition) is 6. The van der Waals surface area contributed by atoms with Crippen LogP contribution in [-0.4, -0.2) is 69.9 Å². The molecule has 1 saturated heterocycles. The second-order valence-electron chi connectivity index (χ2n) is 12.8. The van der Waals surface area contributed by atoms with E-state index in [0.29, 0.717) is 19.5 Å². The number of carbonyl (C=O) groups is 2. The van der Waals surface area contributed by atoms with Crippen molar-refractivity contribution < 1.29 is 28.9 Å². The number of ether oxygens (including phenoxy) is 3. The number of amides is 2. The predicted molar refractivity (Wildman–Crippen MR) is 179 cm³/mol. The zero-order valence-electron chi connectivity index (χ0n) is 27.1. The van der Waals surface area contributed by atoms with E-state index in [0.717, 1.165) is 34.7 Å². The number of nitrogens with zero attached hydrogens (tertiary/aromatic N) is 2. The molecular formula is C36H46N2O6Si. The Morgan fingerprint density at radius 3 is 2.44 bits per heavy atom. The summed E-state index contributed by atoms with van der Waals surface area (Å²) in [5.74, 6) is 1.57. The van der Waals surface area contributed by atoms with Crippen LogP contribution in [0.15, 0.2) is 72.8 Å². The molecule has 8 nitrogen and oxygen atoms in total. The normalized spacial score (nSPS) is 20.4. The van der Waals surface area contributed by atoms with Crippen molar-refractivity contribution in [1.29, 1.82) is 0 Å². The van der Waals surface area contributed by atoms with Crippen molar-refractivity contribution in [3.63, 3.8) is 0 Å². The summed E-state index contributed by atoms with van der Waals surface area (Å²) in [6.45, 7) is 8.04. The lowest BCUT2D eigenvalue weighted by Crippen LogP contribution is -2.55. The Bertz CT molecular complexity index is 1460. The second kappa shape index (κ2) is 14.2. The minimum atomic E-state index is -2.40. The van der Waals surface area contributed by atoms with Gasteiger partial charge in [0.15, 0.2) is 0 Å². The van der Waals surface area contributed by atoms with E-state index in [-0.39, 0.29) is 55.1 Å². The first kappa shape index (κ1) is 32.7. The van der Waals surface area contributed by atoms with Gasteiger partial charge in [-0.25, -0.2) is 0 Å². The SMILES string of the molecule is COc1ccc([Si](C)(C)C(CC(=O)N(CCO)Cc2ccccc2)[C@H]2Oc3ccc(N4CCCC4=O)cc3[C@@H](OC)[C@@H]2C)cc1. The van der Waals surface area contributed by atoms with Crippen LogP contribution in [0.1, 0.15) is 43.4 Å². The monoisotopic (exact) mass is 630 g/mol. The predicted octanol–water partition coefficient (Wildman–Crippen LogP) is 5.30. The number of aliphatic hydroxyl groups is 1. The first-order valence-electron chi connectivity index (χ1n) is 15.9. The van der Waals surface area contributed by atoms with Crippen LogP contribution in [0.4, 0.5) is 5.69 Å². The summed E-state index contributed by atoms with van der Waals surface area (Å²) in [6.07, 6.45) is 1.13. The van der Waals surface area contributed by atoms with Gasteiger partial charge < -0.3 is 29.1 Å². The maximum absolute atomic E-state index is 14.2. The van der Waals surface area contributed by atoms with Gasteiger partial charge in [0.1, 0.15) is 17.6 Å². The fourth-order valence-corrected chi connectivity index (χ4v) is 10.3. The smallest absolute Gasteiger partial charge is 0.227 e. The molecule has 4 atom stereocenters. The molecule has 45 heavy (non-hydrogen) atoms. The van der Waals surface area contributed by atoms with Gasteiger partial charge in [0.2, 0.25) is 11.8 Å².